The second-order valence-electron chi connectivity index (χ2n) is 4.51. The molecule has 0 aliphatic rings. The van der Waals surface area contributed by atoms with Crippen LogP contribution < -0.4 is 10.0 Å². The van der Waals surface area contributed by atoms with Gasteiger partial charge in [0.05, 0.1) is 0 Å². The van der Waals surface area contributed by atoms with E-state index in [2.05, 4.69) is 36.2 Å². The number of hydrogen-bond acceptors (Lipinski definition) is 6. The SMILES string of the molecule is CCC(C)(CCBr)NS(=O)(=O)c1nnc(NC(C)=O)s1. The van der Waals surface area contributed by atoms with Crippen molar-refractivity contribution in [1.29, 1.82) is 0 Å². The van der Waals surface area contributed by atoms with Crippen LogP contribution in [0.25, 0.3) is 0 Å². The Balaban J connectivity index is 2.93. The molecule has 1 amide bonds. The summed E-state index contributed by atoms with van der Waals surface area (Å²) in [5, 5.41) is 10.5. The lowest BCUT2D eigenvalue weighted by atomic mass is 9.98. The molecule has 1 rings (SSSR count). The molecule has 0 saturated carbocycles. The van der Waals surface area contributed by atoms with E-state index in [1.165, 1.54) is 6.92 Å². The van der Waals surface area contributed by atoms with E-state index in [-0.39, 0.29) is 15.4 Å². The van der Waals surface area contributed by atoms with Gasteiger partial charge in [-0.2, -0.15) is 0 Å². The van der Waals surface area contributed by atoms with Crippen molar-refractivity contribution in [2.75, 3.05) is 10.6 Å². The van der Waals surface area contributed by atoms with Gasteiger partial charge in [0.25, 0.3) is 10.0 Å². The van der Waals surface area contributed by atoms with E-state index in [1.807, 2.05) is 13.8 Å². The van der Waals surface area contributed by atoms with Crippen LogP contribution in [0.15, 0.2) is 4.34 Å². The molecule has 1 heterocycles. The van der Waals surface area contributed by atoms with Gasteiger partial charge in [-0.05, 0) is 19.8 Å². The predicted molar refractivity (Wildman–Crippen MR) is 81.6 cm³/mol. The molecule has 7 nitrogen and oxygen atoms in total. The summed E-state index contributed by atoms with van der Waals surface area (Å²) >= 11 is 4.13. The molecule has 0 aliphatic carbocycles. The Morgan fingerprint density at radius 3 is 2.60 bits per heavy atom. The topological polar surface area (TPSA) is 101 Å². The lowest BCUT2D eigenvalue weighted by Gasteiger charge is -2.27. The average molecular weight is 385 g/mol. The molecule has 1 unspecified atom stereocenters. The van der Waals surface area contributed by atoms with Gasteiger partial charge in [0.1, 0.15) is 0 Å². The fourth-order valence-electron chi connectivity index (χ4n) is 1.40. The minimum atomic E-state index is -3.74. The molecule has 10 heteroatoms. The van der Waals surface area contributed by atoms with Crippen LogP contribution in [-0.4, -0.2) is 35.4 Å². The quantitative estimate of drug-likeness (QED) is 0.550. The minimum Gasteiger partial charge on any atom is -0.301 e. The fourth-order valence-corrected chi connectivity index (χ4v) is 4.73. The Labute approximate surface area is 130 Å². The normalized spacial score (nSPS) is 14.8. The van der Waals surface area contributed by atoms with Crippen molar-refractivity contribution in [3.63, 3.8) is 0 Å². The van der Waals surface area contributed by atoms with Gasteiger partial charge in [-0.15, -0.1) is 10.2 Å². The van der Waals surface area contributed by atoms with Crippen LogP contribution in [0.4, 0.5) is 5.13 Å². The number of nitrogens with zero attached hydrogens (tertiary/aromatic N) is 2. The van der Waals surface area contributed by atoms with Gasteiger partial charge in [-0.3, -0.25) is 4.79 Å². The summed E-state index contributed by atoms with van der Waals surface area (Å²) in [6.45, 7) is 5.06. The van der Waals surface area contributed by atoms with Crippen LogP contribution in [0.2, 0.25) is 0 Å². The molecule has 0 saturated heterocycles. The van der Waals surface area contributed by atoms with Crippen molar-refractivity contribution in [3.05, 3.63) is 0 Å². The second kappa shape index (κ2) is 6.92. The number of halogens is 1. The van der Waals surface area contributed by atoms with E-state index in [0.29, 0.717) is 18.2 Å². The van der Waals surface area contributed by atoms with Crippen LogP contribution in [0, 0.1) is 0 Å². The molecule has 0 aliphatic heterocycles. The van der Waals surface area contributed by atoms with E-state index in [1.54, 1.807) is 0 Å². The molecule has 0 aromatic carbocycles. The highest BCUT2D eigenvalue weighted by Gasteiger charge is 2.31. The number of anilines is 1. The van der Waals surface area contributed by atoms with Crippen LogP contribution in [0.5, 0.6) is 0 Å². The van der Waals surface area contributed by atoms with Gasteiger partial charge in [-0.1, -0.05) is 34.2 Å². The zero-order valence-electron chi connectivity index (χ0n) is 11.4. The zero-order chi connectivity index (χ0) is 15.4. The van der Waals surface area contributed by atoms with Crippen LogP contribution >= 0.6 is 27.3 Å². The molecule has 2 N–H and O–H groups in total. The van der Waals surface area contributed by atoms with Gasteiger partial charge in [0, 0.05) is 17.8 Å². The highest BCUT2D eigenvalue weighted by atomic mass is 79.9. The molecule has 20 heavy (non-hydrogen) atoms. The monoisotopic (exact) mass is 384 g/mol. The number of rotatable bonds is 7. The molecule has 0 bridgehead atoms. The van der Waals surface area contributed by atoms with Crippen molar-refractivity contribution in [1.82, 2.24) is 14.9 Å². The van der Waals surface area contributed by atoms with Gasteiger partial charge in [0.15, 0.2) is 0 Å². The Bertz CT molecular complexity index is 575. The van der Waals surface area contributed by atoms with Gasteiger partial charge in [-0.25, -0.2) is 13.1 Å². The van der Waals surface area contributed by atoms with Crippen molar-refractivity contribution in [2.45, 2.75) is 43.5 Å². The van der Waals surface area contributed by atoms with Crippen LogP contribution in [-0.2, 0) is 14.8 Å². The summed E-state index contributed by atoms with van der Waals surface area (Å²) in [6, 6.07) is 0. The molecule has 0 fully saturated rings. The van der Waals surface area contributed by atoms with Crippen molar-refractivity contribution >= 4 is 48.3 Å². The maximum atomic E-state index is 12.2. The Morgan fingerprint density at radius 2 is 2.10 bits per heavy atom. The molecule has 0 radical (unpaired) electrons. The predicted octanol–water partition coefficient (Wildman–Crippen LogP) is 1.73. The second-order valence-corrected chi connectivity index (χ2v) is 8.14. The lowest BCUT2D eigenvalue weighted by molar-refractivity contribution is -0.114. The van der Waals surface area contributed by atoms with Crippen molar-refractivity contribution in [2.24, 2.45) is 0 Å². The molecular weight excluding hydrogens is 368 g/mol. The Hall–Kier alpha value is -0.580. The van der Waals surface area contributed by atoms with Crippen molar-refractivity contribution < 1.29 is 13.2 Å². The third-order valence-electron chi connectivity index (χ3n) is 2.73. The third kappa shape index (κ3) is 4.76. The number of nitrogens with one attached hydrogen (secondary N) is 2. The smallest absolute Gasteiger partial charge is 0.270 e. The summed E-state index contributed by atoms with van der Waals surface area (Å²) in [5.41, 5.74) is -0.553. The number of aromatic nitrogens is 2. The van der Waals surface area contributed by atoms with E-state index in [0.717, 1.165) is 11.3 Å². The summed E-state index contributed by atoms with van der Waals surface area (Å²) in [7, 11) is -3.74. The first-order valence-corrected chi connectivity index (χ1v) is 9.35. The summed E-state index contributed by atoms with van der Waals surface area (Å²) < 4.78 is 27.0. The van der Waals surface area contributed by atoms with Crippen LogP contribution in [0.3, 0.4) is 0 Å². The van der Waals surface area contributed by atoms with E-state index in [9.17, 15) is 13.2 Å². The first-order valence-electron chi connectivity index (χ1n) is 5.93. The summed E-state index contributed by atoms with van der Waals surface area (Å²) in [5.74, 6) is -0.323. The van der Waals surface area contributed by atoms with Crippen LogP contribution in [0.1, 0.15) is 33.6 Å². The Kier molecular flexibility index (Phi) is 6.05. The molecule has 1 aromatic heterocycles. The Morgan fingerprint density at radius 1 is 1.45 bits per heavy atom. The number of alkyl halides is 1. The highest BCUT2D eigenvalue weighted by Crippen LogP contribution is 2.24. The van der Waals surface area contributed by atoms with Gasteiger partial charge in [0.2, 0.25) is 15.4 Å². The summed E-state index contributed by atoms with van der Waals surface area (Å²) in [6.07, 6.45) is 1.30. The number of hydrogen-bond donors (Lipinski definition) is 2. The van der Waals surface area contributed by atoms with E-state index in [4.69, 9.17) is 0 Å². The molecular formula is C10H17BrN4O3S2. The zero-order valence-corrected chi connectivity index (χ0v) is 14.7. The number of carbonyl (C=O) groups excluding carboxylic acids is 1. The lowest BCUT2D eigenvalue weighted by Crippen LogP contribution is -2.45. The molecule has 114 valence electrons. The number of sulfonamides is 1. The third-order valence-corrected chi connectivity index (χ3v) is 5.97. The first kappa shape index (κ1) is 17.5. The number of amides is 1. The van der Waals surface area contributed by atoms with Crippen molar-refractivity contribution in [3.8, 4) is 0 Å². The average Bonchev–Trinajstić information content (AvgIpc) is 2.77. The fraction of sp³-hybridized carbons (Fsp3) is 0.700. The van der Waals surface area contributed by atoms with E-state index >= 15 is 0 Å². The van der Waals surface area contributed by atoms with Gasteiger partial charge >= 0.3 is 0 Å². The maximum Gasteiger partial charge on any atom is 0.270 e. The number of carbonyl (C=O) groups is 1. The highest BCUT2D eigenvalue weighted by molar-refractivity contribution is 9.09. The van der Waals surface area contributed by atoms with E-state index < -0.39 is 15.6 Å². The van der Waals surface area contributed by atoms with Gasteiger partial charge < -0.3 is 5.32 Å². The molecule has 0 spiro atoms. The summed E-state index contributed by atoms with van der Waals surface area (Å²) in [4.78, 5) is 10.9. The minimum absolute atomic E-state index is 0.157. The molecule has 1 aromatic rings. The standard InChI is InChI=1S/C10H17BrN4O3S2/c1-4-10(3,5-6-11)15-20(17,18)9-14-13-8(19-9)12-7(2)16/h15H,4-6H2,1-3H3,(H,12,13,16). The largest absolute Gasteiger partial charge is 0.301 e. The maximum absolute atomic E-state index is 12.2. The first-order chi connectivity index (χ1) is 9.22. The molecule has 1 atom stereocenters.